The maximum atomic E-state index is 13.3. The Labute approximate surface area is 165 Å². The second-order valence-electron chi connectivity index (χ2n) is 5.95. The number of carbonyl (C=O) groups excluding carboxylic acids is 1. The number of carbonyl (C=O) groups is 1. The van der Waals surface area contributed by atoms with Crippen molar-refractivity contribution in [3.63, 3.8) is 0 Å². The molecule has 0 radical (unpaired) electrons. The van der Waals surface area contributed by atoms with Crippen molar-refractivity contribution in [3.05, 3.63) is 62.9 Å². The van der Waals surface area contributed by atoms with Crippen LogP contribution in [0.15, 0.2) is 36.4 Å². The summed E-state index contributed by atoms with van der Waals surface area (Å²) in [5, 5.41) is 13.5. The fraction of sp³-hybridized carbons (Fsp3) is 0.211. The number of rotatable bonds is 7. The predicted octanol–water partition coefficient (Wildman–Crippen LogP) is 4.84. The fourth-order valence-corrected chi connectivity index (χ4v) is 2.54. The summed E-state index contributed by atoms with van der Waals surface area (Å²) in [6.07, 6.45) is 2.60. The normalized spacial score (nSPS) is 10.9. The zero-order valence-corrected chi connectivity index (χ0v) is 16.1. The minimum atomic E-state index is -0.982. The van der Waals surface area contributed by atoms with Gasteiger partial charge in [0.05, 0.1) is 23.2 Å². The first-order chi connectivity index (χ1) is 13.2. The number of anilines is 1. The first-order valence-electron chi connectivity index (χ1n) is 8.18. The standard InChI is InChI=1S/C19H18ClFN2O5/c1-11(2)28-19-14(20)8-12(9-17(19)27-3)4-7-18(24)22-13-5-6-15(21)16(10-13)23(25)26/h4-11H,1-3H3,(H,22,24)/b7-4+. The number of amides is 1. The van der Waals surface area contributed by atoms with E-state index < -0.39 is 22.3 Å². The van der Waals surface area contributed by atoms with Gasteiger partial charge in [-0.1, -0.05) is 11.6 Å². The number of ether oxygens (including phenoxy) is 2. The van der Waals surface area contributed by atoms with Crippen LogP contribution >= 0.6 is 11.6 Å². The Bertz CT molecular complexity index is 931. The largest absolute Gasteiger partial charge is 0.493 e. The van der Waals surface area contributed by atoms with E-state index >= 15 is 0 Å². The van der Waals surface area contributed by atoms with E-state index in [0.29, 0.717) is 22.1 Å². The summed E-state index contributed by atoms with van der Waals surface area (Å²) >= 11 is 6.23. The van der Waals surface area contributed by atoms with Gasteiger partial charge < -0.3 is 14.8 Å². The molecule has 1 amide bonds. The number of methoxy groups -OCH3 is 1. The van der Waals surface area contributed by atoms with Crippen LogP contribution in [0.5, 0.6) is 11.5 Å². The Morgan fingerprint density at radius 2 is 2.04 bits per heavy atom. The summed E-state index contributed by atoms with van der Waals surface area (Å²) in [6, 6.07) is 6.34. The molecule has 0 atom stereocenters. The Morgan fingerprint density at radius 3 is 2.64 bits per heavy atom. The highest BCUT2D eigenvalue weighted by atomic mass is 35.5. The van der Waals surface area contributed by atoms with Gasteiger partial charge in [0.15, 0.2) is 11.5 Å². The van der Waals surface area contributed by atoms with E-state index in [1.165, 1.54) is 25.3 Å². The lowest BCUT2D eigenvalue weighted by Gasteiger charge is -2.15. The van der Waals surface area contributed by atoms with Crippen molar-refractivity contribution in [3.8, 4) is 11.5 Å². The molecule has 0 unspecified atom stereocenters. The molecule has 0 fully saturated rings. The summed E-state index contributed by atoms with van der Waals surface area (Å²) in [5.74, 6) is -0.725. The van der Waals surface area contributed by atoms with Crippen LogP contribution in [0.1, 0.15) is 19.4 Å². The molecule has 0 aliphatic heterocycles. The van der Waals surface area contributed by atoms with E-state index in [4.69, 9.17) is 21.1 Å². The van der Waals surface area contributed by atoms with Crippen LogP contribution in [-0.4, -0.2) is 24.0 Å². The van der Waals surface area contributed by atoms with Gasteiger partial charge in [-0.3, -0.25) is 14.9 Å². The highest BCUT2D eigenvalue weighted by molar-refractivity contribution is 6.32. The maximum Gasteiger partial charge on any atom is 0.306 e. The van der Waals surface area contributed by atoms with E-state index in [-0.39, 0.29) is 11.8 Å². The van der Waals surface area contributed by atoms with Crippen molar-refractivity contribution < 1.29 is 23.6 Å². The number of nitrogens with one attached hydrogen (secondary N) is 1. The van der Waals surface area contributed by atoms with E-state index in [9.17, 15) is 19.3 Å². The van der Waals surface area contributed by atoms with Gasteiger partial charge in [0.2, 0.25) is 11.7 Å². The van der Waals surface area contributed by atoms with Crippen LogP contribution in [0.4, 0.5) is 15.8 Å². The molecule has 7 nitrogen and oxygen atoms in total. The van der Waals surface area contributed by atoms with E-state index in [0.717, 1.165) is 12.1 Å². The predicted molar refractivity (Wildman–Crippen MR) is 104 cm³/mol. The minimum Gasteiger partial charge on any atom is -0.493 e. The van der Waals surface area contributed by atoms with Gasteiger partial charge in [-0.2, -0.15) is 4.39 Å². The first kappa shape index (κ1) is 21.2. The second kappa shape index (κ2) is 9.18. The van der Waals surface area contributed by atoms with Crippen LogP contribution in [0.25, 0.3) is 6.08 Å². The second-order valence-corrected chi connectivity index (χ2v) is 6.35. The highest BCUT2D eigenvalue weighted by Crippen LogP contribution is 2.37. The molecule has 0 heterocycles. The lowest BCUT2D eigenvalue weighted by molar-refractivity contribution is -0.387. The monoisotopic (exact) mass is 408 g/mol. The Kier molecular flexibility index (Phi) is 6.94. The smallest absolute Gasteiger partial charge is 0.306 e. The number of nitro groups is 1. The number of halogens is 2. The van der Waals surface area contributed by atoms with Crippen LogP contribution in [-0.2, 0) is 4.79 Å². The van der Waals surface area contributed by atoms with E-state index in [1.54, 1.807) is 12.1 Å². The van der Waals surface area contributed by atoms with Gasteiger partial charge in [-0.05, 0) is 49.8 Å². The third kappa shape index (κ3) is 5.43. The summed E-state index contributed by atoms with van der Waals surface area (Å²) in [6.45, 7) is 3.71. The lowest BCUT2D eigenvalue weighted by Crippen LogP contribution is -2.08. The van der Waals surface area contributed by atoms with Crippen molar-refractivity contribution in [2.75, 3.05) is 12.4 Å². The zero-order chi connectivity index (χ0) is 20.8. The summed E-state index contributed by atoms with van der Waals surface area (Å²) in [7, 11) is 1.47. The van der Waals surface area contributed by atoms with Crippen LogP contribution < -0.4 is 14.8 Å². The quantitative estimate of drug-likeness (QED) is 0.402. The van der Waals surface area contributed by atoms with Gasteiger partial charge in [-0.25, -0.2) is 0 Å². The molecule has 9 heteroatoms. The molecule has 0 aliphatic carbocycles. The summed E-state index contributed by atoms with van der Waals surface area (Å²) in [4.78, 5) is 21.9. The molecule has 2 aromatic carbocycles. The molecule has 0 spiro atoms. The summed E-state index contributed by atoms with van der Waals surface area (Å²) < 4.78 is 24.2. The average molecular weight is 409 g/mol. The molecule has 0 saturated heterocycles. The molecule has 0 saturated carbocycles. The van der Waals surface area contributed by atoms with Crippen molar-refractivity contribution in [1.29, 1.82) is 0 Å². The Hall–Kier alpha value is -3.13. The lowest BCUT2D eigenvalue weighted by atomic mass is 10.1. The van der Waals surface area contributed by atoms with Gasteiger partial charge in [-0.15, -0.1) is 0 Å². The third-order valence-electron chi connectivity index (χ3n) is 3.44. The number of hydrogen-bond acceptors (Lipinski definition) is 5. The first-order valence-corrected chi connectivity index (χ1v) is 8.56. The van der Waals surface area contributed by atoms with Crippen molar-refractivity contribution in [1.82, 2.24) is 0 Å². The van der Waals surface area contributed by atoms with Gasteiger partial charge >= 0.3 is 5.69 Å². The SMILES string of the molecule is COc1cc(/C=C/C(=O)Nc2ccc(F)c([N+](=O)[O-])c2)cc(Cl)c1OC(C)C. The fourth-order valence-electron chi connectivity index (χ4n) is 2.27. The molecular weight excluding hydrogens is 391 g/mol. The molecule has 28 heavy (non-hydrogen) atoms. The maximum absolute atomic E-state index is 13.3. The number of nitro benzene ring substituents is 1. The van der Waals surface area contributed by atoms with E-state index in [1.807, 2.05) is 13.8 Å². The Balaban J connectivity index is 2.17. The molecule has 2 rings (SSSR count). The van der Waals surface area contributed by atoms with Crippen molar-refractivity contribution >= 4 is 35.0 Å². The number of benzene rings is 2. The molecule has 0 aromatic heterocycles. The van der Waals surface area contributed by atoms with Crippen LogP contribution in [0.2, 0.25) is 5.02 Å². The zero-order valence-electron chi connectivity index (χ0n) is 15.4. The van der Waals surface area contributed by atoms with Gasteiger partial charge in [0.25, 0.3) is 0 Å². The highest BCUT2D eigenvalue weighted by Gasteiger charge is 2.15. The molecule has 1 N–H and O–H groups in total. The van der Waals surface area contributed by atoms with Crippen LogP contribution in [0.3, 0.4) is 0 Å². The van der Waals surface area contributed by atoms with Crippen molar-refractivity contribution in [2.24, 2.45) is 0 Å². The third-order valence-corrected chi connectivity index (χ3v) is 3.72. The topological polar surface area (TPSA) is 90.7 Å². The van der Waals surface area contributed by atoms with E-state index in [2.05, 4.69) is 5.32 Å². The molecule has 148 valence electrons. The average Bonchev–Trinajstić information content (AvgIpc) is 2.62. The van der Waals surface area contributed by atoms with Gasteiger partial charge in [0, 0.05) is 17.8 Å². The van der Waals surface area contributed by atoms with Crippen LogP contribution in [0, 0.1) is 15.9 Å². The Morgan fingerprint density at radius 1 is 1.32 bits per heavy atom. The minimum absolute atomic E-state index is 0.0963. The molecular formula is C19H18ClFN2O5. The molecule has 2 aromatic rings. The molecule has 0 aliphatic rings. The molecule has 0 bridgehead atoms. The van der Waals surface area contributed by atoms with Gasteiger partial charge in [0.1, 0.15) is 0 Å². The van der Waals surface area contributed by atoms with Crippen molar-refractivity contribution in [2.45, 2.75) is 20.0 Å². The number of nitrogens with zero attached hydrogens (tertiary/aromatic N) is 1. The number of hydrogen-bond donors (Lipinski definition) is 1. The summed E-state index contributed by atoms with van der Waals surface area (Å²) in [5.41, 5.74) is -0.0451.